The fourth-order valence-corrected chi connectivity index (χ4v) is 5.81. The van der Waals surface area contributed by atoms with E-state index in [0.29, 0.717) is 23.8 Å². The molecule has 0 bridgehead atoms. The number of aliphatic hydroxyl groups excluding tert-OH is 2. The first-order valence-corrected chi connectivity index (χ1v) is 13.1. The molecule has 9 heteroatoms. The Morgan fingerprint density at radius 3 is 2.46 bits per heavy atom. The topological polar surface area (TPSA) is 133 Å². The van der Waals surface area contributed by atoms with E-state index in [1.54, 1.807) is 6.20 Å². The van der Waals surface area contributed by atoms with Crippen molar-refractivity contribution in [1.29, 1.82) is 5.26 Å². The molecule has 196 valence electrons. The van der Waals surface area contributed by atoms with Crippen molar-refractivity contribution in [2.75, 3.05) is 18.4 Å². The van der Waals surface area contributed by atoms with Crippen molar-refractivity contribution in [3.05, 3.63) is 41.6 Å². The predicted molar refractivity (Wildman–Crippen MR) is 139 cm³/mol. The van der Waals surface area contributed by atoms with E-state index in [2.05, 4.69) is 29.1 Å². The number of rotatable bonds is 9. The van der Waals surface area contributed by atoms with Gasteiger partial charge in [-0.25, -0.2) is 0 Å². The maximum absolute atomic E-state index is 10.4. The second-order valence-corrected chi connectivity index (χ2v) is 11.2. The van der Waals surface area contributed by atoms with Crippen LogP contribution in [0.2, 0.25) is 0 Å². The Bertz CT molecular complexity index is 1180. The summed E-state index contributed by atoms with van der Waals surface area (Å²) in [6.45, 7) is 3.83. The summed E-state index contributed by atoms with van der Waals surface area (Å²) >= 11 is 0. The van der Waals surface area contributed by atoms with Crippen molar-refractivity contribution < 1.29 is 14.9 Å². The minimum atomic E-state index is -1.22. The number of anilines is 1. The zero-order valence-electron chi connectivity index (χ0n) is 21.3. The standard InChI is InChI=1S/C28H36N6O3/c1-3-19-4-8-22(9-5-19)37-27(2)17-33(18-27)21-10-12-28(13-11-21,14-15-29)34-16-23(24(30)35)25(32-34)31-26(36)20-6-7-20/h1,4-5,8-9,16,20-21,24,26,35-36H,6-7,10-14,17-18,30H2,2H3,(H,31,32). The molecular formula is C28H36N6O3. The highest BCUT2D eigenvalue weighted by atomic mass is 16.5. The van der Waals surface area contributed by atoms with Gasteiger partial charge in [0.15, 0.2) is 5.82 Å². The van der Waals surface area contributed by atoms with Crippen molar-refractivity contribution in [2.45, 2.75) is 81.5 Å². The molecule has 37 heavy (non-hydrogen) atoms. The zero-order valence-corrected chi connectivity index (χ0v) is 21.3. The molecule has 3 fully saturated rings. The SMILES string of the molecule is C#Cc1ccc(OC2(C)CN(C3CCC(CC#N)(n4cc(C(N)O)c(NC(O)C5CC5)n4)CC3)C2)cc1. The quantitative estimate of drug-likeness (QED) is 0.303. The van der Waals surface area contributed by atoms with Crippen molar-refractivity contribution in [1.82, 2.24) is 14.7 Å². The minimum Gasteiger partial charge on any atom is -0.485 e. The van der Waals surface area contributed by atoms with Crippen LogP contribution < -0.4 is 15.8 Å². The van der Waals surface area contributed by atoms with Gasteiger partial charge >= 0.3 is 0 Å². The van der Waals surface area contributed by atoms with Gasteiger partial charge < -0.3 is 26.0 Å². The molecule has 1 aromatic carbocycles. The lowest BCUT2D eigenvalue weighted by Gasteiger charge is -2.53. The van der Waals surface area contributed by atoms with Crippen LogP contribution in [0.3, 0.4) is 0 Å². The van der Waals surface area contributed by atoms with Gasteiger partial charge in [-0.3, -0.25) is 9.58 Å². The monoisotopic (exact) mass is 504 g/mol. The number of nitrogens with zero attached hydrogens (tertiary/aromatic N) is 4. The van der Waals surface area contributed by atoms with Crippen LogP contribution in [0.25, 0.3) is 0 Å². The molecule has 0 amide bonds. The lowest BCUT2D eigenvalue weighted by molar-refractivity contribution is -0.0950. The number of ether oxygens (including phenoxy) is 1. The van der Waals surface area contributed by atoms with Crippen LogP contribution in [0.15, 0.2) is 30.5 Å². The number of nitrogens with two attached hydrogens (primary N) is 1. The van der Waals surface area contributed by atoms with Crippen LogP contribution >= 0.6 is 0 Å². The maximum atomic E-state index is 10.4. The smallest absolute Gasteiger partial charge is 0.157 e. The highest BCUT2D eigenvalue weighted by molar-refractivity contribution is 5.45. The van der Waals surface area contributed by atoms with E-state index in [4.69, 9.17) is 22.0 Å². The number of terminal acetylenes is 1. The van der Waals surface area contributed by atoms with E-state index in [1.807, 2.05) is 28.9 Å². The molecule has 2 unspecified atom stereocenters. The minimum absolute atomic E-state index is 0.199. The second-order valence-electron chi connectivity index (χ2n) is 11.2. The van der Waals surface area contributed by atoms with Crippen LogP contribution in [-0.2, 0) is 5.54 Å². The first kappa shape index (κ1) is 25.6. The predicted octanol–water partition coefficient (Wildman–Crippen LogP) is 2.66. The number of benzene rings is 1. The molecule has 2 aromatic rings. The molecule has 1 aliphatic heterocycles. The Balaban J connectivity index is 1.23. The van der Waals surface area contributed by atoms with E-state index in [9.17, 15) is 15.5 Å². The third-order valence-corrected chi connectivity index (χ3v) is 8.17. The van der Waals surface area contributed by atoms with Gasteiger partial charge in [0.05, 0.1) is 23.6 Å². The maximum Gasteiger partial charge on any atom is 0.157 e. The molecule has 1 saturated heterocycles. The van der Waals surface area contributed by atoms with Crippen LogP contribution in [0.5, 0.6) is 5.75 Å². The summed E-state index contributed by atoms with van der Waals surface area (Å²) < 4.78 is 8.08. The first-order valence-electron chi connectivity index (χ1n) is 13.1. The van der Waals surface area contributed by atoms with Crippen molar-refractivity contribution in [3.8, 4) is 24.2 Å². The van der Waals surface area contributed by atoms with E-state index in [1.165, 1.54) is 0 Å². The van der Waals surface area contributed by atoms with Crippen molar-refractivity contribution >= 4 is 5.82 Å². The van der Waals surface area contributed by atoms with Crippen LogP contribution in [0.4, 0.5) is 5.82 Å². The van der Waals surface area contributed by atoms with Crippen LogP contribution in [0.1, 0.15) is 69.2 Å². The van der Waals surface area contributed by atoms with Gasteiger partial charge in [-0.1, -0.05) is 5.92 Å². The van der Waals surface area contributed by atoms with E-state index in [0.717, 1.165) is 62.9 Å². The summed E-state index contributed by atoms with van der Waals surface area (Å²) in [6, 6.07) is 10.4. The number of hydrogen-bond donors (Lipinski definition) is 4. The van der Waals surface area contributed by atoms with E-state index >= 15 is 0 Å². The summed E-state index contributed by atoms with van der Waals surface area (Å²) in [5, 5.41) is 37.9. The molecule has 1 aromatic heterocycles. The molecule has 2 aliphatic carbocycles. The third-order valence-electron chi connectivity index (χ3n) is 8.17. The highest BCUT2D eigenvalue weighted by Gasteiger charge is 2.47. The lowest BCUT2D eigenvalue weighted by atomic mass is 9.76. The number of nitriles is 1. The van der Waals surface area contributed by atoms with Crippen molar-refractivity contribution in [2.24, 2.45) is 11.7 Å². The average Bonchev–Trinajstić information content (AvgIpc) is 3.63. The summed E-state index contributed by atoms with van der Waals surface area (Å²) in [5.74, 6) is 4.04. The molecule has 0 spiro atoms. The van der Waals surface area contributed by atoms with E-state index < -0.39 is 18.0 Å². The number of aromatic nitrogens is 2. The molecule has 9 nitrogen and oxygen atoms in total. The van der Waals surface area contributed by atoms with Gasteiger partial charge in [0.25, 0.3) is 0 Å². The average molecular weight is 505 g/mol. The number of likely N-dealkylation sites (tertiary alicyclic amines) is 1. The fraction of sp³-hybridized carbons (Fsp3) is 0.571. The van der Waals surface area contributed by atoms with Gasteiger partial charge in [0, 0.05) is 36.8 Å². The third kappa shape index (κ3) is 5.32. The van der Waals surface area contributed by atoms with Gasteiger partial charge in [0.2, 0.25) is 0 Å². The summed E-state index contributed by atoms with van der Waals surface area (Å²) in [6.07, 6.45) is 10.9. The first-order chi connectivity index (χ1) is 17.7. The Labute approximate surface area is 218 Å². The Kier molecular flexibility index (Phi) is 6.91. The molecule has 2 saturated carbocycles. The molecule has 2 atom stereocenters. The molecule has 3 aliphatic rings. The molecule has 5 rings (SSSR count). The Morgan fingerprint density at radius 2 is 1.89 bits per heavy atom. The number of nitrogens with one attached hydrogen (secondary N) is 1. The van der Waals surface area contributed by atoms with Crippen LogP contribution in [0, 0.1) is 29.6 Å². The van der Waals surface area contributed by atoms with E-state index in [-0.39, 0.29) is 11.5 Å². The van der Waals surface area contributed by atoms with Crippen molar-refractivity contribution in [3.63, 3.8) is 0 Å². The number of hydrogen-bond acceptors (Lipinski definition) is 8. The Hall–Kier alpha value is -3.08. The normalized spacial score (nSPS) is 26.8. The van der Waals surface area contributed by atoms with Gasteiger partial charge in [-0.05, 0) is 69.7 Å². The highest BCUT2D eigenvalue weighted by Crippen LogP contribution is 2.43. The molecule has 0 radical (unpaired) electrons. The summed E-state index contributed by atoms with van der Waals surface area (Å²) in [4.78, 5) is 2.46. The summed E-state index contributed by atoms with van der Waals surface area (Å²) in [5.41, 5.74) is 6.37. The fourth-order valence-electron chi connectivity index (χ4n) is 5.81. The van der Waals surface area contributed by atoms with Crippen LogP contribution in [-0.4, -0.2) is 55.9 Å². The van der Waals surface area contributed by atoms with Gasteiger partial charge in [0.1, 0.15) is 23.8 Å². The molecule has 5 N–H and O–H groups in total. The molecular weight excluding hydrogens is 468 g/mol. The lowest BCUT2D eigenvalue weighted by Crippen LogP contribution is -2.66. The Morgan fingerprint density at radius 1 is 1.22 bits per heavy atom. The second kappa shape index (κ2) is 10.00. The number of aliphatic hydroxyl groups is 2. The zero-order chi connectivity index (χ0) is 26.2. The largest absolute Gasteiger partial charge is 0.485 e. The van der Waals surface area contributed by atoms with Gasteiger partial charge in [-0.2, -0.15) is 10.4 Å². The summed E-state index contributed by atoms with van der Waals surface area (Å²) in [7, 11) is 0. The molecule has 2 heterocycles. The van der Waals surface area contributed by atoms with Gasteiger partial charge in [-0.15, -0.1) is 6.42 Å².